The third-order valence-electron chi connectivity index (χ3n) is 4.29. The zero-order valence-corrected chi connectivity index (χ0v) is 14.2. The Bertz CT molecular complexity index is 906. The summed E-state index contributed by atoms with van der Waals surface area (Å²) in [6, 6.07) is 18.5. The lowest BCUT2D eigenvalue weighted by atomic mass is 10.2. The van der Waals surface area contributed by atoms with E-state index in [0.717, 1.165) is 42.4 Å². The monoisotopic (exact) mass is 333 g/mol. The summed E-state index contributed by atoms with van der Waals surface area (Å²) < 4.78 is 0. The van der Waals surface area contributed by atoms with Gasteiger partial charge in [-0.3, -0.25) is 10.2 Å². The Labute approximate surface area is 146 Å². The van der Waals surface area contributed by atoms with Crippen LogP contribution in [0.15, 0.2) is 59.6 Å². The molecule has 1 aromatic heterocycles. The summed E-state index contributed by atoms with van der Waals surface area (Å²) in [6.45, 7) is 4.48. The Morgan fingerprint density at radius 1 is 1.04 bits per heavy atom. The number of para-hydroxylation sites is 1. The summed E-state index contributed by atoms with van der Waals surface area (Å²) in [5, 5.41) is 7.60. The molecule has 0 fully saturated rings. The lowest BCUT2D eigenvalue weighted by Crippen LogP contribution is -3.13. The van der Waals surface area contributed by atoms with Gasteiger partial charge in [0.05, 0.1) is 11.2 Å². The van der Waals surface area contributed by atoms with Gasteiger partial charge < -0.3 is 5.32 Å². The Morgan fingerprint density at radius 2 is 1.84 bits per heavy atom. The van der Waals surface area contributed by atoms with Crippen LogP contribution in [0.25, 0.3) is 10.9 Å². The van der Waals surface area contributed by atoms with Crippen molar-refractivity contribution in [2.24, 2.45) is 4.99 Å². The summed E-state index contributed by atoms with van der Waals surface area (Å²) >= 11 is 0. The Kier molecular flexibility index (Phi) is 4.26. The molecular formula is C19H21N6+. The van der Waals surface area contributed by atoms with E-state index < -0.39 is 0 Å². The van der Waals surface area contributed by atoms with E-state index in [1.807, 2.05) is 37.3 Å². The van der Waals surface area contributed by atoms with Crippen molar-refractivity contribution in [1.82, 2.24) is 15.3 Å². The highest BCUT2D eigenvalue weighted by Gasteiger charge is 2.16. The quantitative estimate of drug-likeness (QED) is 0.676. The van der Waals surface area contributed by atoms with Gasteiger partial charge in [0.15, 0.2) is 13.3 Å². The molecule has 0 aliphatic carbocycles. The van der Waals surface area contributed by atoms with E-state index in [0.29, 0.717) is 5.95 Å². The van der Waals surface area contributed by atoms with Gasteiger partial charge in [-0.25, -0.2) is 9.97 Å². The molecule has 3 N–H and O–H groups in total. The number of aryl methyl sites for hydroxylation is 1. The van der Waals surface area contributed by atoms with Crippen molar-refractivity contribution in [1.29, 1.82) is 0 Å². The molecule has 2 aromatic carbocycles. The molecule has 25 heavy (non-hydrogen) atoms. The second-order valence-corrected chi connectivity index (χ2v) is 6.21. The highest BCUT2D eigenvalue weighted by molar-refractivity contribution is 5.93. The molecule has 1 aliphatic heterocycles. The number of guanidine groups is 1. The molecule has 1 atom stereocenters. The average Bonchev–Trinajstić information content (AvgIpc) is 2.64. The molecule has 0 radical (unpaired) electrons. The number of rotatable bonds is 3. The van der Waals surface area contributed by atoms with Crippen LogP contribution in [0.1, 0.15) is 11.3 Å². The Balaban J connectivity index is 1.44. The zero-order chi connectivity index (χ0) is 17.1. The molecule has 1 aliphatic rings. The maximum atomic E-state index is 4.59. The molecule has 2 heterocycles. The molecule has 0 bridgehead atoms. The third-order valence-corrected chi connectivity index (χ3v) is 4.29. The maximum absolute atomic E-state index is 4.59. The lowest BCUT2D eigenvalue weighted by Gasteiger charge is -2.24. The number of benzene rings is 2. The van der Waals surface area contributed by atoms with Gasteiger partial charge in [-0.1, -0.05) is 48.5 Å². The first-order valence-electron chi connectivity index (χ1n) is 8.44. The summed E-state index contributed by atoms with van der Waals surface area (Å²) in [5.74, 6) is 1.31. The zero-order valence-electron chi connectivity index (χ0n) is 14.2. The van der Waals surface area contributed by atoms with E-state index in [1.165, 1.54) is 10.5 Å². The van der Waals surface area contributed by atoms with E-state index in [2.05, 4.69) is 49.9 Å². The number of nitrogens with one attached hydrogen (secondary N) is 3. The fourth-order valence-corrected chi connectivity index (χ4v) is 3.00. The number of hydrogen-bond acceptors (Lipinski definition) is 5. The minimum Gasteiger partial charge on any atom is -0.309 e. The van der Waals surface area contributed by atoms with Gasteiger partial charge in [0.2, 0.25) is 11.9 Å². The summed E-state index contributed by atoms with van der Waals surface area (Å²) in [5.41, 5.74) is 3.21. The fraction of sp³-hybridized carbons (Fsp3) is 0.211. The smallest absolute Gasteiger partial charge is 0.230 e. The van der Waals surface area contributed by atoms with Gasteiger partial charge in [-0.05, 0) is 13.0 Å². The molecule has 0 saturated heterocycles. The van der Waals surface area contributed by atoms with Crippen LogP contribution in [-0.2, 0) is 6.54 Å². The van der Waals surface area contributed by atoms with Gasteiger partial charge in [-0.15, -0.1) is 0 Å². The van der Waals surface area contributed by atoms with Gasteiger partial charge in [0.25, 0.3) is 0 Å². The van der Waals surface area contributed by atoms with Crippen LogP contribution in [-0.4, -0.2) is 29.3 Å². The van der Waals surface area contributed by atoms with Crippen LogP contribution in [0.5, 0.6) is 0 Å². The molecule has 4 rings (SSSR count). The topological polar surface area (TPSA) is 66.6 Å². The van der Waals surface area contributed by atoms with E-state index >= 15 is 0 Å². The molecule has 6 nitrogen and oxygen atoms in total. The van der Waals surface area contributed by atoms with E-state index in [4.69, 9.17) is 0 Å². The summed E-state index contributed by atoms with van der Waals surface area (Å²) in [6.07, 6.45) is 0. The van der Waals surface area contributed by atoms with Crippen LogP contribution in [0.2, 0.25) is 0 Å². The molecule has 0 spiro atoms. The van der Waals surface area contributed by atoms with Crippen LogP contribution < -0.4 is 15.5 Å². The van der Waals surface area contributed by atoms with Crippen molar-refractivity contribution in [3.8, 4) is 0 Å². The third kappa shape index (κ3) is 3.59. The van der Waals surface area contributed by atoms with Gasteiger partial charge >= 0.3 is 0 Å². The fourth-order valence-electron chi connectivity index (χ4n) is 3.00. The number of quaternary nitrogens is 1. The van der Waals surface area contributed by atoms with E-state index in [-0.39, 0.29) is 0 Å². The number of hydrogen-bond donors (Lipinski definition) is 3. The minimum atomic E-state index is 0.578. The standard InChI is InChI=1S/C19H20N6/c1-14-16-9-5-6-10-17(16)23-19(22-14)24-18-20-12-25(13-21-18)11-15-7-3-2-4-8-15/h2-10H,11-13H2,1H3,(H2,20,21,22,23,24)/p+1. The van der Waals surface area contributed by atoms with Crippen LogP contribution in [0.4, 0.5) is 5.95 Å². The normalized spacial score (nSPS) is 17.0. The first kappa shape index (κ1) is 15.5. The van der Waals surface area contributed by atoms with Crippen LogP contribution in [0, 0.1) is 6.92 Å². The molecule has 3 aromatic rings. The maximum Gasteiger partial charge on any atom is 0.230 e. The van der Waals surface area contributed by atoms with Crippen LogP contribution >= 0.6 is 0 Å². The van der Waals surface area contributed by atoms with E-state index in [1.54, 1.807) is 0 Å². The Morgan fingerprint density at radius 3 is 2.64 bits per heavy atom. The largest absolute Gasteiger partial charge is 0.309 e. The van der Waals surface area contributed by atoms with Gasteiger partial charge in [0, 0.05) is 10.9 Å². The van der Waals surface area contributed by atoms with Crippen LogP contribution in [0.3, 0.4) is 0 Å². The van der Waals surface area contributed by atoms with Crippen molar-refractivity contribution in [3.63, 3.8) is 0 Å². The lowest BCUT2D eigenvalue weighted by molar-refractivity contribution is -0.916. The number of aliphatic imine (C=N–C) groups is 1. The second-order valence-electron chi connectivity index (χ2n) is 6.21. The number of fused-ring (bicyclic) bond motifs is 1. The Hall–Kier alpha value is -2.99. The SMILES string of the molecule is Cc1nc(NC2=NC[NH+](Cc3ccccc3)CN2)nc2ccccc12. The first-order valence-corrected chi connectivity index (χ1v) is 8.44. The number of aromatic nitrogens is 2. The van der Waals surface area contributed by atoms with Crippen molar-refractivity contribution in [2.75, 3.05) is 18.7 Å². The summed E-state index contributed by atoms with van der Waals surface area (Å²) in [4.78, 5) is 15.1. The van der Waals surface area contributed by atoms with Crippen molar-refractivity contribution < 1.29 is 4.90 Å². The highest BCUT2D eigenvalue weighted by atomic mass is 15.4. The van der Waals surface area contributed by atoms with Crippen molar-refractivity contribution >= 4 is 22.8 Å². The highest BCUT2D eigenvalue weighted by Crippen LogP contribution is 2.16. The van der Waals surface area contributed by atoms with E-state index in [9.17, 15) is 0 Å². The second kappa shape index (κ2) is 6.86. The first-order chi connectivity index (χ1) is 12.3. The average molecular weight is 333 g/mol. The predicted molar refractivity (Wildman–Crippen MR) is 99.3 cm³/mol. The molecule has 126 valence electrons. The minimum absolute atomic E-state index is 0.578. The molecule has 0 saturated carbocycles. The van der Waals surface area contributed by atoms with Crippen molar-refractivity contribution in [3.05, 3.63) is 65.9 Å². The molecule has 6 heteroatoms. The van der Waals surface area contributed by atoms with Gasteiger partial charge in [-0.2, -0.15) is 4.99 Å². The number of nitrogens with zero attached hydrogens (tertiary/aromatic N) is 3. The molecule has 0 amide bonds. The number of anilines is 1. The summed E-state index contributed by atoms with van der Waals surface area (Å²) in [7, 11) is 0. The van der Waals surface area contributed by atoms with Crippen molar-refractivity contribution in [2.45, 2.75) is 13.5 Å². The molecular weight excluding hydrogens is 312 g/mol. The molecule has 1 unspecified atom stereocenters. The van der Waals surface area contributed by atoms with Gasteiger partial charge in [0.1, 0.15) is 6.54 Å². The predicted octanol–water partition coefficient (Wildman–Crippen LogP) is 1.31.